The van der Waals surface area contributed by atoms with Gasteiger partial charge in [0.15, 0.2) is 6.10 Å². The van der Waals surface area contributed by atoms with Gasteiger partial charge in [0.05, 0.1) is 22.8 Å². The molecule has 35 heavy (non-hydrogen) atoms. The van der Waals surface area contributed by atoms with E-state index in [1.54, 1.807) is 0 Å². The Labute approximate surface area is 203 Å². The van der Waals surface area contributed by atoms with Crippen molar-refractivity contribution < 1.29 is 23.9 Å². The van der Waals surface area contributed by atoms with Crippen LogP contribution in [0.25, 0.3) is 0 Å². The van der Waals surface area contributed by atoms with E-state index in [9.17, 15) is 24.4 Å². The predicted molar refractivity (Wildman–Crippen MR) is 126 cm³/mol. The van der Waals surface area contributed by atoms with Crippen LogP contribution in [0.2, 0.25) is 0 Å². The molecule has 2 aromatic carbocycles. The van der Waals surface area contributed by atoms with Crippen molar-refractivity contribution in [2.75, 3.05) is 6.54 Å². The molecular formula is C27H27N3O5. The number of ether oxygens (including phenoxy) is 1. The number of carbonyl (C=O) groups excluding carboxylic acids is 4. The highest BCUT2D eigenvalue weighted by molar-refractivity contribution is 6.22. The summed E-state index contributed by atoms with van der Waals surface area (Å²) in [5, 5.41) is 12.3. The molecule has 180 valence electrons. The maximum Gasteiger partial charge on any atom is 0.338 e. The Kier molecular flexibility index (Phi) is 6.97. The first-order valence-corrected chi connectivity index (χ1v) is 11.8. The molecule has 1 aliphatic heterocycles. The van der Waals surface area contributed by atoms with Crippen LogP contribution in [0.3, 0.4) is 0 Å². The van der Waals surface area contributed by atoms with Gasteiger partial charge in [0.25, 0.3) is 17.7 Å². The summed E-state index contributed by atoms with van der Waals surface area (Å²) in [6.07, 6.45) is 3.27. The first-order chi connectivity index (χ1) is 16.8. The van der Waals surface area contributed by atoms with Crippen molar-refractivity contribution in [2.24, 2.45) is 0 Å². The van der Waals surface area contributed by atoms with Crippen LogP contribution in [-0.4, -0.2) is 46.8 Å². The van der Waals surface area contributed by atoms with Crippen LogP contribution in [0.15, 0.2) is 48.5 Å². The molecule has 0 radical (unpaired) electrons. The predicted octanol–water partition coefficient (Wildman–Crippen LogP) is 3.41. The minimum Gasteiger partial charge on any atom is -0.449 e. The number of carbonyl (C=O) groups is 4. The van der Waals surface area contributed by atoms with E-state index < -0.39 is 35.3 Å². The Bertz CT molecular complexity index is 1200. The standard InChI is InChI=1S/C27H27N3O5/c1-18(23(31)29-27(17-28)13-6-3-7-14-27)35-26(34)20-10-11-21-22(16-20)25(33)30(24(21)32)15-12-19-8-4-2-5-9-19/h2,4-5,8-11,16,18H,3,6-7,12-15H2,1H3,(H,29,31)/t18-/m1/s1. The zero-order valence-electron chi connectivity index (χ0n) is 19.6. The van der Waals surface area contributed by atoms with E-state index in [0.29, 0.717) is 19.3 Å². The average Bonchev–Trinajstić information content (AvgIpc) is 3.12. The van der Waals surface area contributed by atoms with Crippen LogP contribution in [-0.2, 0) is 16.0 Å². The molecule has 1 N–H and O–H groups in total. The van der Waals surface area contributed by atoms with E-state index in [2.05, 4.69) is 11.4 Å². The number of nitrogens with one attached hydrogen (secondary N) is 1. The number of amides is 3. The second-order valence-electron chi connectivity index (χ2n) is 9.05. The van der Waals surface area contributed by atoms with Crippen LogP contribution in [0.4, 0.5) is 0 Å². The third kappa shape index (κ3) is 5.09. The zero-order chi connectivity index (χ0) is 25.0. The summed E-state index contributed by atoms with van der Waals surface area (Å²) in [7, 11) is 0. The van der Waals surface area contributed by atoms with Gasteiger partial charge in [-0.05, 0) is 49.9 Å². The molecule has 1 saturated carbocycles. The van der Waals surface area contributed by atoms with Gasteiger partial charge in [-0.25, -0.2) is 4.79 Å². The van der Waals surface area contributed by atoms with Crippen molar-refractivity contribution >= 4 is 23.7 Å². The number of nitrogens with zero attached hydrogens (tertiary/aromatic N) is 2. The van der Waals surface area contributed by atoms with E-state index in [0.717, 1.165) is 24.8 Å². The van der Waals surface area contributed by atoms with Gasteiger partial charge < -0.3 is 10.1 Å². The number of esters is 1. The van der Waals surface area contributed by atoms with Gasteiger partial charge in [-0.2, -0.15) is 5.26 Å². The van der Waals surface area contributed by atoms with E-state index in [4.69, 9.17) is 4.74 Å². The lowest BCUT2D eigenvalue weighted by Crippen LogP contribution is -2.52. The number of hydrogen-bond acceptors (Lipinski definition) is 6. The second-order valence-corrected chi connectivity index (χ2v) is 9.05. The third-order valence-corrected chi connectivity index (χ3v) is 6.61. The quantitative estimate of drug-likeness (QED) is 0.487. The fraction of sp³-hybridized carbons (Fsp3) is 0.370. The number of benzene rings is 2. The summed E-state index contributed by atoms with van der Waals surface area (Å²) < 4.78 is 5.31. The lowest BCUT2D eigenvalue weighted by molar-refractivity contribution is -0.130. The molecule has 4 rings (SSSR count). The maximum atomic E-state index is 12.9. The van der Waals surface area contributed by atoms with Gasteiger partial charge in [0.2, 0.25) is 0 Å². The summed E-state index contributed by atoms with van der Waals surface area (Å²) >= 11 is 0. The van der Waals surface area contributed by atoms with Crippen LogP contribution in [0.5, 0.6) is 0 Å². The lowest BCUT2D eigenvalue weighted by Gasteiger charge is -2.32. The average molecular weight is 474 g/mol. The monoisotopic (exact) mass is 473 g/mol. The molecule has 8 nitrogen and oxygen atoms in total. The van der Waals surface area contributed by atoms with Gasteiger partial charge in [-0.3, -0.25) is 19.3 Å². The first-order valence-electron chi connectivity index (χ1n) is 11.8. The van der Waals surface area contributed by atoms with Gasteiger partial charge in [0.1, 0.15) is 5.54 Å². The SMILES string of the molecule is C[C@@H](OC(=O)c1ccc2c(c1)C(=O)N(CCc1ccccc1)C2=O)C(=O)NC1(C#N)CCCCC1. The van der Waals surface area contributed by atoms with Crippen molar-refractivity contribution in [3.05, 3.63) is 70.8 Å². The number of hydrogen-bond donors (Lipinski definition) is 1. The molecule has 2 aromatic rings. The molecule has 1 aliphatic carbocycles. The van der Waals surface area contributed by atoms with Crippen LogP contribution in [0, 0.1) is 11.3 Å². The van der Waals surface area contributed by atoms with E-state index in [-0.39, 0.29) is 23.2 Å². The summed E-state index contributed by atoms with van der Waals surface area (Å²) in [6.45, 7) is 1.67. The normalized spacial score (nSPS) is 17.3. The van der Waals surface area contributed by atoms with Crippen molar-refractivity contribution in [3.8, 4) is 6.07 Å². The Hall–Kier alpha value is -3.99. The number of nitriles is 1. The minimum atomic E-state index is -1.12. The molecular weight excluding hydrogens is 446 g/mol. The number of fused-ring (bicyclic) bond motifs is 1. The molecule has 1 heterocycles. The highest BCUT2D eigenvalue weighted by Gasteiger charge is 2.37. The summed E-state index contributed by atoms with van der Waals surface area (Å²) in [5.41, 5.74) is 0.521. The Balaban J connectivity index is 1.40. The van der Waals surface area contributed by atoms with Crippen molar-refractivity contribution in [3.63, 3.8) is 0 Å². The van der Waals surface area contributed by atoms with Crippen molar-refractivity contribution in [2.45, 2.75) is 57.1 Å². The van der Waals surface area contributed by atoms with Crippen LogP contribution in [0.1, 0.15) is 75.7 Å². The number of rotatable bonds is 7. The minimum absolute atomic E-state index is 0.0714. The van der Waals surface area contributed by atoms with Gasteiger partial charge in [0, 0.05) is 6.54 Å². The zero-order valence-corrected chi connectivity index (χ0v) is 19.6. The second kappa shape index (κ2) is 10.1. The molecule has 0 bridgehead atoms. The molecule has 1 fully saturated rings. The maximum absolute atomic E-state index is 12.9. The Morgan fingerprint density at radius 3 is 2.43 bits per heavy atom. The first kappa shape index (κ1) is 24.1. The summed E-state index contributed by atoms with van der Waals surface area (Å²) in [4.78, 5) is 52.1. The summed E-state index contributed by atoms with van der Waals surface area (Å²) in [6, 6.07) is 15.9. The highest BCUT2D eigenvalue weighted by atomic mass is 16.5. The molecule has 0 unspecified atom stereocenters. The van der Waals surface area contributed by atoms with E-state index in [1.165, 1.54) is 30.0 Å². The molecule has 0 spiro atoms. The Morgan fingerprint density at radius 2 is 1.74 bits per heavy atom. The van der Waals surface area contributed by atoms with E-state index in [1.807, 2.05) is 30.3 Å². The van der Waals surface area contributed by atoms with Crippen molar-refractivity contribution in [1.29, 1.82) is 5.26 Å². The largest absolute Gasteiger partial charge is 0.449 e. The Morgan fingerprint density at radius 1 is 1.06 bits per heavy atom. The fourth-order valence-electron chi connectivity index (χ4n) is 4.55. The molecule has 1 atom stereocenters. The van der Waals surface area contributed by atoms with Crippen LogP contribution < -0.4 is 5.32 Å². The van der Waals surface area contributed by atoms with Gasteiger partial charge in [-0.1, -0.05) is 49.6 Å². The van der Waals surface area contributed by atoms with Crippen molar-refractivity contribution in [1.82, 2.24) is 10.2 Å². The molecule has 0 saturated heterocycles. The van der Waals surface area contributed by atoms with Gasteiger partial charge >= 0.3 is 5.97 Å². The van der Waals surface area contributed by atoms with Crippen LogP contribution >= 0.6 is 0 Å². The fourth-order valence-corrected chi connectivity index (χ4v) is 4.55. The summed E-state index contributed by atoms with van der Waals surface area (Å²) in [5.74, 6) is -2.19. The molecule has 3 amide bonds. The molecule has 8 heteroatoms. The highest BCUT2D eigenvalue weighted by Crippen LogP contribution is 2.28. The topological polar surface area (TPSA) is 117 Å². The van der Waals surface area contributed by atoms with E-state index >= 15 is 0 Å². The molecule has 0 aromatic heterocycles. The number of imide groups is 1. The lowest BCUT2D eigenvalue weighted by atomic mass is 9.83. The molecule has 2 aliphatic rings. The third-order valence-electron chi connectivity index (χ3n) is 6.61. The smallest absolute Gasteiger partial charge is 0.338 e. The van der Waals surface area contributed by atoms with Gasteiger partial charge in [-0.15, -0.1) is 0 Å².